The second-order valence-electron chi connectivity index (χ2n) is 7.36. The van der Waals surface area contributed by atoms with Gasteiger partial charge in [0.1, 0.15) is 0 Å². The molecule has 0 amide bonds. The summed E-state index contributed by atoms with van der Waals surface area (Å²) in [5, 5.41) is 0. The standard InChI is InChI=1S/H47NP46S/c2-25-38(27(3)4)46(43(32(13)14)33(15)16)40(47(44(34(17)18)35(19)20)45(36(21)22)37(23)24)26(1-48)39(41(28(5)6)29(7)8)42(30(9)10)31(11)12/h25H,2-24H2. The summed E-state index contributed by atoms with van der Waals surface area (Å²) in [6, 6.07) is 0. The maximum atomic E-state index is 6.38. The third-order valence-corrected chi connectivity index (χ3v) is 318. The molecule has 288 valence electrons. The number of nitrogens with zero attached hydrogens (tertiary/aromatic N) is 1. The van der Waals surface area contributed by atoms with Gasteiger partial charge in [-0.2, -0.15) is 4.13 Å². The smallest absolute Gasteiger partial charge is 0.0992 e. The molecular formula is H47NP46S. The Morgan fingerprint density at radius 1 is 0.292 bits per heavy atom. The summed E-state index contributed by atoms with van der Waals surface area (Å²) in [5.74, 6) is 0. The molecule has 0 aromatic carbocycles. The molecule has 0 saturated carbocycles. The minimum Gasteiger partial charge on any atom is -0.185 e. The Bertz CT molecular complexity index is 768. The first-order chi connectivity index (χ1) is 21.9. The summed E-state index contributed by atoms with van der Waals surface area (Å²) >= 11 is 6.38. The van der Waals surface area contributed by atoms with Gasteiger partial charge >= 0.3 is 0 Å². The highest BCUT2D eigenvalue weighted by molar-refractivity contribution is 9.47. The average Bonchev–Trinajstić information content (AvgIpc) is 2.88. The van der Waals surface area contributed by atoms with E-state index in [4.69, 9.17) is 16.6 Å². The summed E-state index contributed by atoms with van der Waals surface area (Å²) in [7, 11) is 78.1. The lowest BCUT2D eigenvalue weighted by atomic mass is 13.9. The fourth-order valence-electron chi connectivity index (χ4n) is 2.73. The zero-order valence-corrected chi connectivity index (χ0v) is 72.5. The Labute approximate surface area is 378 Å². The van der Waals surface area contributed by atoms with E-state index in [9.17, 15) is 0 Å². The first kappa shape index (κ1) is 67.8. The highest BCUT2D eigenvalue weighted by atomic mass is 33.5. The first-order valence-electron chi connectivity index (χ1n) is 10.8. The molecule has 0 aliphatic rings. The fourth-order valence-corrected chi connectivity index (χ4v) is 631. The minimum atomic E-state index is -0.636. The van der Waals surface area contributed by atoms with E-state index in [0.717, 1.165) is 7.96 Å². The van der Waals surface area contributed by atoms with Gasteiger partial charge in [0.25, 0.3) is 0 Å². The summed E-state index contributed by atoms with van der Waals surface area (Å²) in [4.78, 5) is 0. The van der Waals surface area contributed by atoms with Gasteiger partial charge < -0.3 is 0 Å². The van der Waals surface area contributed by atoms with Gasteiger partial charge in [-0.3, -0.25) is 0 Å². The molecule has 0 spiro atoms. The molecule has 0 aromatic rings. The van der Waals surface area contributed by atoms with Crippen LogP contribution in [-0.4, -0.2) is 0 Å². The van der Waals surface area contributed by atoms with Crippen LogP contribution in [0.15, 0.2) is 4.13 Å². The van der Waals surface area contributed by atoms with E-state index in [2.05, 4.69) is 205 Å². The van der Waals surface area contributed by atoms with Crippen molar-refractivity contribution in [2.24, 2.45) is 4.13 Å². The molecule has 0 aromatic heterocycles. The molecule has 0 N–H and O–H groups in total. The van der Waals surface area contributed by atoms with Crippen LogP contribution < -0.4 is 0 Å². The lowest BCUT2D eigenvalue weighted by molar-refractivity contribution is 2.10. The Morgan fingerprint density at radius 3 is 0.688 bits per heavy atom. The van der Waals surface area contributed by atoms with E-state index >= 15 is 0 Å². The summed E-state index contributed by atoms with van der Waals surface area (Å²) in [6.07, 6.45) is 0. The first-order valence-corrected chi connectivity index (χ1v) is 94.7. The Morgan fingerprint density at radius 2 is 0.500 bits per heavy atom. The molecule has 28 unspecified atom stereocenters. The molecule has 0 bridgehead atoms. The van der Waals surface area contributed by atoms with Crippen LogP contribution in [0.3, 0.4) is 0 Å². The summed E-state index contributed by atoms with van der Waals surface area (Å²) in [6.45, 7) is -4.75. The number of hydrogen-bond acceptors (Lipinski definition) is 2. The summed E-state index contributed by atoms with van der Waals surface area (Å²) < 4.78 is 5.61. The normalized spacial score (nSPS) is 16.8. The van der Waals surface area contributed by atoms with Crippen LogP contribution in [-0.2, 0) is 12.4 Å². The Hall–Kier alpha value is 19.8. The molecule has 0 rings (SSSR count). The van der Waals surface area contributed by atoms with E-state index in [1.165, 1.54) is 0 Å². The largest absolute Gasteiger partial charge is 0.185 e. The van der Waals surface area contributed by atoms with Gasteiger partial charge in [0.05, 0.1) is 7.45 Å². The Balaban J connectivity index is 9.06. The molecule has 0 radical (unpaired) electrons. The van der Waals surface area contributed by atoms with Crippen molar-refractivity contribution in [1.82, 2.24) is 0 Å². The minimum absolute atomic E-state index is 0.138. The zero-order chi connectivity index (χ0) is 38.1. The monoisotopic (exact) mass is 1520 g/mol. The van der Waals surface area contributed by atoms with E-state index in [1.807, 2.05) is 0 Å². The van der Waals surface area contributed by atoms with Gasteiger partial charge in [-0.25, -0.2) is 0 Å². The molecule has 28 atom stereocenters. The number of rotatable bonds is 23. The molecule has 1 nitrogen and oxygen atoms in total. The van der Waals surface area contributed by atoms with E-state index in [0.29, 0.717) is 0 Å². The van der Waals surface area contributed by atoms with Gasteiger partial charge in [0, 0.05) is 40.4 Å². The van der Waals surface area contributed by atoms with E-state index in [-0.39, 0.29) is 147 Å². The van der Waals surface area contributed by atoms with Crippen LogP contribution in [0.25, 0.3) is 0 Å². The lowest BCUT2D eigenvalue weighted by Crippen LogP contribution is -1.70. The van der Waals surface area contributed by atoms with Gasteiger partial charge in [-0.15, -0.1) is 205 Å². The summed E-state index contributed by atoms with van der Waals surface area (Å²) in [5.41, 5.74) is 0. The maximum absolute atomic E-state index is 6.38. The third-order valence-electron chi connectivity index (χ3n) is 4.08. The van der Waals surface area contributed by atoms with Gasteiger partial charge in [-0.05, 0) is 119 Å². The second-order valence-corrected chi connectivity index (χ2v) is 194. The van der Waals surface area contributed by atoms with Crippen LogP contribution in [0.1, 0.15) is 0 Å². The van der Waals surface area contributed by atoms with Crippen LogP contribution in [0.5, 0.6) is 0 Å². The van der Waals surface area contributed by atoms with Crippen LogP contribution in [0, 0.1) is 0 Å². The van der Waals surface area contributed by atoms with Gasteiger partial charge in [-0.1, -0.05) is 7.96 Å². The molecule has 0 aliphatic heterocycles. The molecule has 0 fully saturated rings. The van der Waals surface area contributed by atoms with Crippen molar-refractivity contribution in [3.8, 4) is 0 Å². The molecular weight excluding hydrogens is 1470 g/mol. The Kier molecular flexibility index (Phi) is 53.0. The van der Waals surface area contributed by atoms with Crippen molar-refractivity contribution in [1.29, 1.82) is 0 Å². The van der Waals surface area contributed by atoms with Crippen LogP contribution in [0.2, 0.25) is 0 Å². The molecule has 0 aliphatic carbocycles. The quantitative estimate of drug-likeness (QED) is 0.0929. The van der Waals surface area contributed by atoms with Gasteiger partial charge in [0.2, 0.25) is 0 Å². The topological polar surface area (TPSA) is 12.4 Å². The van der Waals surface area contributed by atoms with E-state index < -0.39 is 7.45 Å². The van der Waals surface area contributed by atoms with Crippen LogP contribution in [0.4, 0.5) is 0 Å². The maximum Gasteiger partial charge on any atom is 0.0992 e. The number of hydrogen-bond donors (Lipinski definition) is 0. The van der Waals surface area contributed by atoms with Crippen molar-refractivity contribution in [3.05, 3.63) is 0 Å². The van der Waals surface area contributed by atoms with Crippen molar-refractivity contribution in [2.45, 2.75) is 0 Å². The molecule has 0 saturated heterocycles. The highest BCUT2D eigenvalue weighted by Crippen LogP contribution is 3.43. The van der Waals surface area contributed by atoms with Crippen molar-refractivity contribution in [3.63, 3.8) is 0 Å². The SMILES string of the molecule is PPP(P(P)P)P(P(P(P)P)P(P)P)P(P(N=S)P(P(P(P)P)P(P)P)P(P(P)P)P(P)P)P(P(P(P)P)P(P)P)P(P(P)P)P(P)P. The second kappa shape index (κ2) is 37.5. The fraction of sp³-hybridized carbons (Fsp3) is 0. The van der Waals surface area contributed by atoms with Crippen molar-refractivity contribution in [2.75, 3.05) is 0 Å². The molecule has 48 heteroatoms. The van der Waals surface area contributed by atoms with Gasteiger partial charge in [0.15, 0.2) is 0 Å². The van der Waals surface area contributed by atoms with Crippen molar-refractivity contribution < 1.29 is 0 Å². The third kappa shape index (κ3) is 23.8. The highest BCUT2D eigenvalue weighted by Gasteiger charge is 2.57. The van der Waals surface area contributed by atoms with Crippen LogP contribution >= 0.6 is 367 Å². The predicted molar refractivity (Wildman–Crippen MR) is 394 cm³/mol. The zero-order valence-electron chi connectivity index (χ0n) is 24.5. The molecule has 48 heavy (non-hydrogen) atoms. The lowest BCUT2D eigenvalue weighted by Gasteiger charge is -2.55. The molecule has 0 heterocycles. The predicted octanol–water partition coefficient (Wildman–Crippen LogP) is 27.2. The van der Waals surface area contributed by atoms with Crippen molar-refractivity contribution >= 4 is 380 Å². The average molecular weight is 1520 g/mol. The van der Waals surface area contributed by atoms with E-state index in [1.54, 1.807) is 0 Å².